The van der Waals surface area contributed by atoms with Gasteiger partial charge in [-0.3, -0.25) is 9.59 Å². The molecule has 0 aliphatic rings. The maximum absolute atomic E-state index is 13.0. The van der Waals surface area contributed by atoms with E-state index < -0.39 is 27.3 Å². The number of carbonyl (C=O) groups is 1. The number of hydrogen-bond donors (Lipinski definition) is 2. The Morgan fingerprint density at radius 2 is 1.68 bits per heavy atom. The van der Waals surface area contributed by atoms with Gasteiger partial charge in [-0.1, -0.05) is 0 Å². The standard InChI is InChI=1S/C18H15FN4O4S/c19-13-3-1-12(2-4-13)16-9-10-18(25)23(22-16)11-17(24)21-14-5-7-15(8-6-14)28(20,26)27/h1-10H,11H2,(H,21,24)(H2,20,26,27). The number of amides is 1. The van der Waals surface area contributed by atoms with Crippen molar-refractivity contribution in [2.45, 2.75) is 11.4 Å². The third-order valence-electron chi connectivity index (χ3n) is 3.77. The predicted molar refractivity (Wildman–Crippen MR) is 100 cm³/mol. The minimum atomic E-state index is -3.83. The Morgan fingerprint density at radius 3 is 2.29 bits per heavy atom. The number of carbonyl (C=O) groups excluding carboxylic acids is 1. The lowest BCUT2D eigenvalue weighted by Crippen LogP contribution is -2.29. The zero-order valence-corrected chi connectivity index (χ0v) is 15.2. The van der Waals surface area contributed by atoms with Crippen LogP contribution in [0.5, 0.6) is 0 Å². The lowest BCUT2D eigenvalue weighted by Gasteiger charge is -2.09. The molecule has 144 valence electrons. The molecule has 0 atom stereocenters. The third-order valence-corrected chi connectivity index (χ3v) is 4.70. The summed E-state index contributed by atoms with van der Waals surface area (Å²) in [6, 6.07) is 13.6. The lowest BCUT2D eigenvalue weighted by atomic mass is 10.1. The van der Waals surface area contributed by atoms with Crippen LogP contribution in [0.15, 0.2) is 70.4 Å². The monoisotopic (exact) mass is 402 g/mol. The number of nitrogens with one attached hydrogen (secondary N) is 1. The molecule has 0 saturated heterocycles. The van der Waals surface area contributed by atoms with Crippen molar-refractivity contribution in [3.8, 4) is 11.3 Å². The predicted octanol–water partition coefficient (Wildman–Crippen LogP) is 1.34. The van der Waals surface area contributed by atoms with Crippen molar-refractivity contribution in [2.75, 3.05) is 5.32 Å². The second kappa shape index (κ2) is 7.71. The summed E-state index contributed by atoms with van der Waals surface area (Å²) < 4.78 is 36.5. The van der Waals surface area contributed by atoms with E-state index in [1.165, 1.54) is 60.7 Å². The maximum Gasteiger partial charge on any atom is 0.267 e. The molecule has 0 radical (unpaired) electrons. The van der Waals surface area contributed by atoms with Gasteiger partial charge in [0.05, 0.1) is 10.6 Å². The number of nitrogens with zero attached hydrogens (tertiary/aromatic N) is 2. The van der Waals surface area contributed by atoms with Crippen LogP contribution in [0.4, 0.5) is 10.1 Å². The molecule has 0 unspecified atom stereocenters. The van der Waals surface area contributed by atoms with Crippen LogP contribution in [0.1, 0.15) is 0 Å². The van der Waals surface area contributed by atoms with Crippen LogP contribution in [0.25, 0.3) is 11.3 Å². The van der Waals surface area contributed by atoms with Gasteiger partial charge in [-0.25, -0.2) is 22.6 Å². The zero-order valence-electron chi connectivity index (χ0n) is 14.4. The van der Waals surface area contributed by atoms with Gasteiger partial charge in [0.2, 0.25) is 15.9 Å². The first-order valence-electron chi connectivity index (χ1n) is 7.99. The van der Waals surface area contributed by atoms with Crippen molar-refractivity contribution in [1.29, 1.82) is 0 Å². The first-order chi connectivity index (χ1) is 13.2. The van der Waals surface area contributed by atoms with E-state index in [-0.39, 0.29) is 11.4 Å². The number of aromatic nitrogens is 2. The van der Waals surface area contributed by atoms with Crippen molar-refractivity contribution in [3.63, 3.8) is 0 Å². The minimum absolute atomic E-state index is 0.0876. The molecule has 1 aromatic heterocycles. The van der Waals surface area contributed by atoms with E-state index in [2.05, 4.69) is 10.4 Å². The Balaban J connectivity index is 1.76. The molecule has 3 N–H and O–H groups in total. The van der Waals surface area contributed by atoms with E-state index >= 15 is 0 Å². The van der Waals surface area contributed by atoms with Crippen LogP contribution in [0, 0.1) is 5.82 Å². The van der Waals surface area contributed by atoms with Gasteiger partial charge in [-0.2, -0.15) is 5.10 Å². The highest BCUT2D eigenvalue weighted by molar-refractivity contribution is 7.89. The molecule has 8 nitrogen and oxygen atoms in total. The number of primary sulfonamides is 1. The maximum atomic E-state index is 13.0. The number of sulfonamides is 1. The van der Waals surface area contributed by atoms with Crippen molar-refractivity contribution in [2.24, 2.45) is 5.14 Å². The van der Waals surface area contributed by atoms with Gasteiger partial charge >= 0.3 is 0 Å². The molecular weight excluding hydrogens is 387 g/mol. The largest absolute Gasteiger partial charge is 0.324 e. The average Bonchev–Trinajstić information content (AvgIpc) is 2.64. The highest BCUT2D eigenvalue weighted by Crippen LogP contribution is 2.16. The molecule has 10 heteroatoms. The Hall–Kier alpha value is -3.37. The molecule has 1 amide bonds. The van der Waals surface area contributed by atoms with Crippen LogP contribution >= 0.6 is 0 Å². The van der Waals surface area contributed by atoms with Gasteiger partial charge in [0.1, 0.15) is 12.4 Å². The summed E-state index contributed by atoms with van der Waals surface area (Å²) in [4.78, 5) is 24.1. The second-order valence-corrected chi connectivity index (χ2v) is 7.40. The number of rotatable bonds is 5. The normalized spacial score (nSPS) is 11.2. The van der Waals surface area contributed by atoms with Crippen LogP contribution in [-0.4, -0.2) is 24.1 Å². The molecule has 0 aliphatic heterocycles. The van der Waals surface area contributed by atoms with Gasteiger partial charge in [-0.05, 0) is 54.6 Å². The summed E-state index contributed by atoms with van der Waals surface area (Å²) in [5, 5.41) is 11.7. The topological polar surface area (TPSA) is 124 Å². The number of benzene rings is 2. The summed E-state index contributed by atoms with van der Waals surface area (Å²) in [6.07, 6.45) is 0. The van der Waals surface area contributed by atoms with Crippen LogP contribution in [0.3, 0.4) is 0 Å². The van der Waals surface area contributed by atoms with E-state index in [0.717, 1.165) is 4.68 Å². The quantitative estimate of drug-likeness (QED) is 0.666. The second-order valence-electron chi connectivity index (χ2n) is 5.84. The van der Waals surface area contributed by atoms with Gasteiger partial charge < -0.3 is 5.32 Å². The Labute approximate surface area is 159 Å². The fourth-order valence-electron chi connectivity index (χ4n) is 2.40. The number of nitrogens with two attached hydrogens (primary N) is 1. The summed E-state index contributed by atoms with van der Waals surface area (Å²) >= 11 is 0. The first kappa shape index (κ1) is 19.4. The molecule has 0 spiro atoms. The van der Waals surface area contributed by atoms with E-state index in [0.29, 0.717) is 16.9 Å². The van der Waals surface area contributed by atoms with Crippen LogP contribution < -0.4 is 16.0 Å². The van der Waals surface area contributed by atoms with Gasteiger partial charge in [-0.15, -0.1) is 0 Å². The van der Waals surface area contributed by atoms with Crippen molar-refractivity contribution >= 4 is 21.6 Å². The van der Waals surface area contributed by atoms with Crippen molar-refractivity contribution < 1.29 is 17.6 Å². The fraction of sp³-hybridized carbons (Fsp3) is 0.0556. The summed E-state index contributed by atoms with van der Waals surface area (Å²) in [6.45, 7) is -0.356. The first-order valence-corrected chi connectivity index (χ1v) is 9.54. The highest BCUT2D eigenvalue weighted by Gasteiger charge is 2.10. The Kier molecular flexibility index (Phi) is 5.34. The molecule has 0 aliphatic carbocycles. The highest BCUT2D eigenvalue weighted by atomic mass is 32.2. The molecule has 2 aromatic carbocycles. The number of hydrogen-bond acceptors (Lipinski definition) is 5. The summed E-state index contributed by atoms with van der Waals surface area (Å²) in [7, 11) is -3.83. The molecule has 0 bridgehead atoms. The van der Waals surface area contributed by atoms with Crippen LogP contribution in [0.2, 0.25) is 0 Å². The minimum Gasteiger partial charge on any atom is -0.324 e. The van der Waals surface area contributed by atoms with E-state index in [9.17, 15) is 22.4 Å². The average molecular weight is 402 g/mol. The van der Waals surface area contributed by atoms with Crippen molar-refractivity contribution in [1.82, 2.24) is 9.78 Å². The van der Waals surface area contributed by atoms with E-state index in [1.807, 2.05) is 0 Å². The molecular formula is C18H15FN4O4S. The fourth-order valence-corrected chi connectivity index (χ4v) is 2.92. The van der Waals surface area contributed by atoms with E-state index in [1.54, 1.807) is 0 Å². The molecule has 0 fully saturated rings. The van der Waals surface area contributed by atoms with Crippen molar-refractivity contribution in [3.05, 3.63) is 76.8 Å². The summed E-state index contributed by atoms with van der Waals surface area (Å²) in [5.41, 5.74) is 0.852. The molecule has 1 heterocycles. The molecule has 3 rings (SSSR count). The molecule has 0 saturated carbocycles. The third kappa shape index (κ3) is 4.67. The van der Waals surface area contributed by atoms with E-state index in [4.69, 9.17) is 5.14 Å². The number of halogens is 1. The number of anilines is 1. The zero-order chi connectivity index (χ0) is 20.3. The SMILES string of the molecule is NS(=O)(=O)c1ccc(NC(=O)Cn2nc(-c3ccc(F)cc3)ccc2=O)cc1. The van der Waals surface area contributed by atoms with Gasteiger partial charge in [0.25, 0.3) is 5.56 Å². The molecule has 3 aromatic rings. The summed E-state index contributed by atoms with van der Waals surface area (Å²) in [5.74, 6) is -0.931. The van der Waals surface area contributed by atoms with Gasteiger partial charge in [0.15, 0.2) is 0 Å². The molecule has 28 heavy (non-hydrogen) atoms. The lowest BCUT2D eigenvalue weighted by molar-refractivity contribution is -0.117. The Bertz CT molecular complexity index is 1170. The van der Waals surface area contributed by atoms with Gasteiger partial charge in [0, 0.05) is 17.3 Å². The van der Waals surface area contributed by atoms with Crippen LogP contribution in [-0.2, 0) is 21.4 Å². The Morgan fingerprint density at radius 1 is 1.04 bits per heavy atom. The smallest absolute Gasteiger partial charge is 0.267 e.